The molecule has 0 radical (unpaired) electrons. The van der Waals surface area contributed by atoms with E-state index in [4.69, 9.17) is 32.9 Å². The van der Waals surface area contributed by atoms with E-state index in [0.29, 0.717) is 6.61 Å². The lowest BCUT2D eigenvalue weighted by molar-refractivity contribution is 0.303. The smallest absolute Gasteiger partial charge is 0.120 e. The van der Waals surface area contributed by atoms with Crippen LogP contribution in [0.4, 0.5) is 0 Å². The highest BCUT2D eigenvalue weighted by molar-refractivity contribution is 7.98. The lowest BCUT2D eigenvalue weighted by Crippen LogP contribution is -2.05. The summed E-state index contributed by atoms with van der Waals surface area (Å²) < 4.78 is 8.15. The molecule has 0 aliphatic carbocycles. The second-order valence-electron chi connectivity index (χ2n) is 6.92. The molecule has 3 aromatic carbocycles. The summed E-state index contributed by atoms with van der Waals surface area (Å²) in [6.07, 6.45) is 1.99. The van der Waals surface area contributed by atoms with Gasteiger partial charge in [0, 0.05) is 21.5 Å². The molecule has 3 nitrogen and oxygen atoms in total. The van der Waals surface area contributed by atoms with Crippen LogP contribution in [0.3, 0.4) is 0 Å². The monoisotopic (exact) mass is 456 g/mol. The van der Waals surface area contributed by atoms with Gasteiger partial charge in [0.1, 0.15) is 11.6 Å². The minimum atomic E-state index is 0.684. The number of para-hydroxylation sites is 2. The van der Waals surface area contributed by atoms with Crippen LogP contribution in [0.25, 0.3) is 11.0 Å². The van der Waals surface area contributed by atoms with Crippen LogP contribution < -0.4 is 4.74 Å². The van der Waals surface area contributed by atoms with Crippen molar-refractivity contribution in [1.82, 2.24) is 9.55 Å². The number of rotatable bonds is 9. The van der Waals surface area contributed by atoms with Crippen molar-refractivity contribution in [3.05, 3.63) is 88.7 Å². The first-order chi connectivity index (χ1) is 14.7. The number of nitrogens with zero attached hydrogens (tertiary/aromatic N) is 2. The fourth-order valence-electron chi connectivity index (χ4n) is 3.26. The molecule has 0 atom stereocenters. The van der Waals surface area contributed by atoms with Gasteiger partial charge in [0.15, 0.2) is 0 Å². The van der Waals surface area contributed by atoms with Gasteiger partial charge in [-0.05, 0) is 73.5 Å². The number of imidazole rings is 1. The summed E-state index contributed by atoms with van der Waals surface area (Å²) in [6.45, 7) is 1.60. The Kier molecular flexibility index (Phi) is 7.21. The van der Waals surface area contributed by atoms with Crippen molar-refractivity contribution in [2.45, 2.75) is 30.0 Å². The van der Waals surface area contributed by atoms with Crippen LogP contribution in [-0.2, 0) is 12.3 Å². The van der Waals surface area contributed by atoms with Crippen LogP contribution in [0.1, 0.15) is 18.7 Å². The normalized spacial score (nSPS) is 11.1. The molecule has 0 N–H and O–H groups in total. The Morgan fingerprint density at radius 1 is 0.833 bits per heavy atom. The summed E-state index contributed by atoms with van der Waals surface area (Å²) in [7, 11) is 0. The first-order valence-corrected chi connectivity index (χ1v) is 11.6. The number of fused-ring (bicyclic) bond motifs is 1. The van der Waals surface area contributed by atoms with Gasteiger partial charge in [-0.1, -0.05) is 35.3 Å². The lowest BCUT2D eigenvalue weighted by atomic mass is 10.3. The zero-order valence-corrected chi connectivity index (χ0v) is 18.8. The number of halogens is 2. The second-order valence-corrected chi connectivity index (χ2v) is 8.84. The van der Waals surface area contributed by atoms with E-state index in [1.54, 1.807) is 11.8 Å². The summed E-state index contributed by atoms with van der Waals surface area (Å²) >= 11 is 13.7. The summed E-state index contributed by atoms with van der Waals surface area (Å²) in [5, 5.41) is 1.48. The number of thioether (sulfide) groups is 1. The predicted molar refractivity (Wildman–Crippen MR) is 127 cm³/mol. The largest absolute Gasteiger partial charge is 0.494 e. The molecule has 1 heterocycles. The van der Waals surface area contributed by atoms with Gasteiger partial charge in [0.2, 0.25) is 0 Å². The maximum Gasteiger partial charge on any atom is 0.120 e. The average molecular weight is 457 g/mol. The molecule has 0 aliphatic heterocycles. The molecule has 30 heavy (non-hydrogen) atoms. The molecule has 0 fully saturated rings. The molecule has 6 heteroatoms. The molecule has 4 aromatic rings. The molecule has 0 amide bonds. The molecule has 0 spiro atoms. The van der Waals surface area contributed by atoms with Crippen molar-refractivity contribution in [3.8, 4) is 5.75 Å². The molecule has 0 saturated heterocycles. The number of hydrogen-bond acceptors (Lipinski definition) is 3. The predicted octanol–water partition coefficient (Wildman–Crippen LogP) is 7.49. The summed E-state index contributed by atoms with van der Waals surface area (Å²) in [6, 6.07) is 23.8. The Labute approximate surface area is 191 Å². The third-order valence-electron chi connectivity index (χ3n) is 4.77. The third kappa shape index (κ3) is 5.51. The van der Waals surface area contributed by atoms with Crippen LogP contribution in [0.15, 0.2) is 77.7 Å². The minimum absolute atomic E-state index is 0.684. The Balaban J connectivity index is 1.37. The van der Waals surface area contributed by atoms with Gasteiger partial charge < -0.3 is 9.30 Å². The molecule has 0 aliphatic rings. The molecule has 4 rings (SSSR count). The molecule has 1 aromatic heterocycles. The van der Waals surface area contributed by atoms with Gasteiger partial charge in [0.05, 0.1) is 23.4 Å². The third-order valence-corrected chi connectivity index (χ3v) is 6.29. The zero-order chi connectivity index (χ0) is 20.8. The topological polar surface area (TPSA) is 27.1 Å². The van der Waals surface area contributed by atoms with Crippen LogP contribution in [0.5, 0.6) is 5.75 Å². The second kappa shape index (κ2) is 10.3. The standard InChI is InChI=1S/C24H22Cl2N2OS/c25-18-7-11-20(12-8-18)29-16-4-3-15-28-23-6-2-1-5-22(23)27-24(28)17-30-21-13-9-19(26)10-14-21/h1-2,5-14H,3-4,15-17H2. The van der Waals surface area contributed by atoms with E-state index < -0.39 is 0 Å². The van der Waals surface area contributed by atoms with Crippen LogP contribution in [0.2, 0.25) is 10.0 Å². The number of aromatic nitrogens is 2. The number of hydrogen-bond donors (Lipinski definition) is 0. The van der Waals surface area contributed by atoms with E-state index in [1.807, 2.05) is 54.6 Å². The summed E-state index contributed by atoms with van der Waals surface area (Å²) in [4.78, 5) is 6.06. The minimum Gasteiger partial charge on any atom is -0.494 e. The zero-order valence-electron chi connectivity index (χ0n) is 16.4. The van der Waals surface area contributed by atoms with Crippen molar-refractivity contribution in [2.75, 3.05) is 6.61 Å². The van der Waals surface area contributed by atoms with Crippen molar-refractivity contribution < 1.29 is 4.74 Å². The number of aryl methyl sites for hydroxylation is 1. The summed E-state index contributed by atoms with van der Waals surface area (Å²) in [5.74, 6) is 2.76. The van der Waals surface area contributed by atoms with Crippen LogP contribution in [0, 0.1) is 0 Å². The fourth-order valence-corrected chi connectivity index (χ4v) is 4.35. The Morgan fingerprint density at radius 3 is 2.30 bits per heavy atom. The van der Waals surface area contributed by atoms with Gasteiger partial charge in [-0.2, -0.15) is 0 Å². The molecule has 154 valence electrons. The Bertz CT molecular complexity index is 1090. The van der Waals surface area contributed by atoms with Crippen molar-refractivity contribution in [3.63, 3.8) is 0 Å². The van der Waals surface area contributed by atoms with E-state index in [0.717, 1.165) is 52.3 Å². The SMILES string of the molecule is Clc1ccc(OCCCCn2c(CSc3ccc(Cl)cc3)nc3ccccc32)cc1. The van der Waals surface area contributed by atoms with E-state index >= 15 is 0 Å². The van der Waals surface area contributed by atoms with Gasteiger partial charge in [-0.25, -0.2) is 4.98 Å². The van der Waals surface area contributed by atoms with E-state index in [1.165, 1.54) is 10.4 Å². The average Bonchev–Trinajstić information content (AvgIpc) is 3.12. The maximum atomic E-state index is 5.99. The highest BCUT2D eigenvalue weighted by Crippen LogP contribution is 2.26. The van der Waals surface area contributed by atoms with E-state index in [9.17, 15) is 0 Å². The Morgan fingerprint density at radius 2 is 1.53 bits per heavy atom. The molecule has 0 bridgehead atoms. The Hall–Kier alpha value is -2.14. The maximum absolute atomic E-state index is 5.99. The molecule has 0 unspecified atom stereocenters. The lowest BCUT2D eigenvalue weighted by Gasteiger charge is -2.10. The first-order valence-electron chi connectivity index (χ1n) is 9.90. The van der Waals surface area contributed by atoms with Crippen LogP contribution >= 0.6 is 35.0 Å². The highest BCUT2D eigenvalue weighted by atomic mass is 35.5. The molecular weight excluding hydrogens is 435 g/mol. The van der Waals surface area contributed by atoms with Crippen molar-refractivity contribution in [2.24, 2.45) is 0 Å². The summed E-state index contributed by atoms with van der Waals surface area (Å²) in [5.41, 5.74) is 2.23. The first kappa shape index (κ1) is 21.1. The highest BCUT2D eigenvalue weighted by Gasteiger charge is 2.11. The number of benzene rings is 3. The van der Waals surface area contributed by atoms with Gasteiger partial charge in [-0.3, -0.25) is 0 Å². The van der Waals surface area contributed by atoms with E-state index in [-0.39, 0.29) is 0 Å². The van der Waals surface area contributed by atoms with Gasteiger partial charge >= 0.3 is 0 Å². The number of ether oxygens (including phenoxy) is 1. The van der Waals surface area contributed by atoms with Gasteiger partial charge in [-0.15, -0.1) is 11.8 Å². The van der Waals surface area contributed by atoms with Crippen LogP contribution in [-0.4, -0.2) is 16.2 Å². The van der Waals surface area contributed by atoms with Crippen molar-refractivity contribution >= 4 is 46.0 Å². The van der Waals surface area contributed by atoms with Gasteiger partial charge in [0.25, 0.3) is 0 Å². The number of unbranched alkanes of at least 4 members (excludes halogenated alkanes) is 1. The molecular formula is C24H22Cl2N2OS. The van der Waals surface area contributed by atoms with Crippen molar-refractivity contribution in [1.29, 1.82) is 0 Å². The fraction of sp³-hybridized carbons (Fsp3) is 0.208. The molecule has 0 saturated carbocycles. The quantitative estimate of drug-likeness (QED) is 0.192. The van der Waals surface area contributed by atoms with E-state index in [2.05, 4.69) is 22.8 Å².